The number of para-hydroxylation sites is 1. The number of methoxy groups -OCH3 is 1. The molecule has 1 aromatic heterocycles. The van der Waals surface area contributed by atoms with Gasteiger partial charge in [-0.05, 0) is 81.3 Å². The van der Waals surface area contributed by atoms with Crippen molar-refractivity contribution in [2.45, 2.75) is 39.2 Å². The number of halogens is 3. The fraction of sp³-hybridized carbons (Fsp3) is 0.405. The maximum absolute atomic E-state index is 13.7. The number of carbonyl (C=O) groups is 3. The molecule has 0 saturated carbocycles. The zero-order valence-electron chi connectivity index (χ0n) is 30.3. The number of imidazole rings is 1. The summed E-state index contributed by atoms with van der Waals surface area (Å²) >= 11 is 0. The van der Waals surface area contributed by atoms with E-state index in [1.807, 2.05) is 47.7 Å². The van der Waals surface area contributed by atoms with Crippen LogP contribution in [0.2, 0.25) is 0 Å². The highest BCUT2D eigenvalue weighted by atomic mass is 35.5. The number of aromatic nitrogens is 2. The van der Waals surface area contributed by atoms with Gasteiger partial charge < -0.3 is 39.8 Å². The van der Waals surface area contributed by atoms with Crippen LogP contribution in [-0.4, -0.2) is 91.1 Å². The molecule has 3 N–H and O–H groups in total. The molecule has 5 rings (SSSR count). The smallest absolute Gasteiger partial charge is 0.258 e. The van der Waals surface area contributed by atoms with Gasteiger partial charge in [-0.15, -0.1) is 37.2 Å². The molecule has 1 fully saturated rings. The first-order valence-corrected chi connectivity index (χ1v) is 16.7. The second kappa shape index (κ2) is 20.2. The predicted molar refractivity (Wildman–Crippen MR) is 213 cm³/mol. The van der Waals surface area contributed by atoms with E-state index in [4.69, 9.17) is 15.2 Å². The van der Waals surface area contributed by atoms with E-state index in [0.29, 0.717) is 63.9 Å². The number of hydrogen-bond donors (Lipinski definition) is 2. The van der Waals surface area contributed by atoms with Gasteiger partial charge in [-0.1, -0.05) is 12.1 Å². The first-order valence-electron chi connectivity index (χ1n) is 16.7. The van der Waals surface area contributed by atoms with Crippen molar-refractivity contribution in [1.82, 2.24) is 19.4 Å². The maximum Gasteiger partial charge on any atom is 0.258 e. The fourth-order valence-electron chi connectivity index (χ4n) is 6.07. The zero-order chi connectivity index (χ0) is 35.1. The number of hydrogen-bond acceptors (Lipinski definition) is 8. The third-order valence-electron chi connectivity index (χ3n) is 9.04. The van der Waals surface area contributed by atoms with Crippen molar-refractivity contribution in [2.75, 3.05) is 64.2 Å². The minimum atomic E-state index is -0.338. The molecule has 12 nitrogen and oxygen atoms in total. The van der Waals surface area contributed by atoms with E-state index in [2.05, 4.69) is 22.2 Å². The normalized spacial score (nSPS) is 12.6. The molecule has 0 spiro atoms. The van der Waals surface area contributed by atoms with Crippen molar-refractivity contribution in [3.05, 3.63) is 77.1 Å². The number of fused-ring (bicyclic) bond motifs is 1. The Hall–Kier alpha value is -4.07. The lowest BCUT2D eigenvalue weighted by molar-refractivity contribution is -0.132. The number of likely N-dealkylation sites (N-methyl/N-ethyl adjacent to an activating group) is 1. The average Bonchev–Trinajstić information content (AvgIpc) is 3.44. The molecule has 0 atom stereocenters. The molecule has 0 aliphatic carbocycles. The van der Waals surface area contributed by atoms with Crippen molar-refractivity contribution in [3.8, 4) is 11.5 Å². The Morgan fingerprint density at radius 3 is 2.35 bits per heavy atom. The molecule has 4 aromatic rings. The number of rotatable bonds is 13. The van der Waals surface area contributed by atoms with Gasteiger partial charge in [0.1, 0.15) is 17.3 Å². The highest BCUT2D eigenvalue weighted by molar-refractivity contribution is 6.13. The number of ether oxygens (including phenoxy) is 2. The molecule has 0 bridgehead atoms. The number of anilines is 2. The van der Waals surface area contributed by atoms with E-state index < -0.39 is 0 Å². The van der Waals surface area contributed by atoms with E-state index in [1.165, 1.54) is 7.11 Å². The Morgan fingerprint density at radius 1 is 0.923 bits per heavy atom. The Balaban J connectivity index is 0.00000312. The number of piperazine rings is 1. The standard InChI is InChI=1S/C37H47N7O5.3ClH/c1-25-13-16-30(32(22-25)49-21-8-6-7-12-34(45)44-19-17-41(2)18-20-44)42(3)37(47)26-14-15-28(31(23-26)48-5)40-36(46)27-10-9-11-29-35(27)43(4)33(24-38)39-29;;;/h9-11,13-16,22-23H,6-8,12,17-21,24,38H2,1-5H3,(H,40,46);3*1H. The van der Waals surface area contributed by atoms with Crippen molar-refractivity contribution in [1.29, 1.82) is 0 Å². The number of carbonyl (C=O) groups excluding carboxylic acids is 3. The Kier molecular flexibility index (Phi) is 17.2. The number of unbranched alkanes of at least 4 members (excludes halogenated alkanes) is 2. The monoisotopic (exact) mass is 777 g/mol. The summed E-state index contributed by atoms with van der Waals surface area (Å²) in [4.78, 5) is 49.9. The Morgan fingerprint density at radius 2 is 1.65 bits per heavy atom. The third-order valence-corrected chi connectivity index (χ3v) is 9.04. The molecular weight excluding hydrogens is 729 g/mol. The molecule has 0 unspecified atom stereocenters. The molecular formula is C37H50Cl3N7O5. The third kappa shape index (κ3) is 10.3. The molecule has 1 aliphatic rings. The lowest BCUT2D eigenvalue weighted by atomic mass is 10.1. The topological polar surface area (TPSA) is 135 Å². The number of nitrogens with zero attached hydrogens (tertiary/aromatic N) is 5. The predicted octanol–water partition coefficient (Wildman–Crippen LogP) is 5.86. The molecule has 1 saturated heterocycles. The summed E-state index contributed by atoms with van der Waals surface area (Å²) in [6.07, 6.45) is 3.05. The van der Waals surface area contributed by atoms with Crippen molar-refractivity contribution >= 4 is 77.4 Å². The first kappa shape index (κ1) is 44.1. The van der Waals surface area contributed by atoms with Crippen LogP contribution in [0.4, 0.5) is 11.4 Å². The zero-order valence-corrected chi connectivity index (χ0v) is 32.8. The largest absolute Gasteiger partial charge is 0.495 e. The number of amides is 3. The minimum Gasteiger partial charge on any atom is -0.495 e. The van der Waals surface area contributed by atoms with Crippen LogP contribution in [0.5, 0.6) is 11.5 Å². The Bertz CT molecular complexity index is 1830. The number of nitrogens with two attached hydrogens (primary N) is 1. The van der Waals surface area contributed by atoms with Gasteiger partial charge in [0.05, 0.1) is 48.2 Å². The first-order chi connectivity index (χ1) is 23.6. The summed E-state index contributed by atoms with van der Waals surface area (Å²) in [5.74, 6) is 1.26. The van der Waals surface area contributed by atoms with Crippen LogP contribution in [0, 0.1) is 6.92 Å². The summed E-state index contributed by atoms with van der Waals surface area (Å²) < 4.78 is 13.6. The molecule has 0 radical (unpaired) electrons. The summed E-state index contributed by atoms with van der Waals surface area (Å²) in [5, 5.41) is 2.92. The number of benzene rings is 3. The molecule has 2 heterocycles. The van der Waals surface area contributed by atoms with Gasteiger partial charge in [-0.25, -0.2) is 4.98 Å². The van der Waals surface area contributed by atoms with Crippen molar-refractivity contribution in [3.63, 3.8) is 0 Å². The van der Waals surface area contributed by atoms with Crippen LogP contribution >= 0.6 is 37.2 Å². The van der Waals surface area contributed by atoms with E-state index in [-0.39, 0.29) is 61.5 Å². The molecule has 52 heavy (non-hydrogen) atoms. The highest BCUT2D eigenvalue weighted by Crippen LogP contribution is 2.32. The second-order valence-electron chi connectivity index (χ2n) is 12.5. The molecule has 15 heteroatoms. The molecule has 1 aliphatic heterocycles. The van der Waals surface area contributed by atoms with Gasteiger partial charge in [0, 0.05) is 52.3 Å². The van der Waals surface area contributed by atoms with E-state index >= 15 is 0 Å². The fourth-order valence-corrected chi connectivity index (χ4v) is 6.07. The van der Waals surface area contributed by atoms with Gasteiger partial charge in [0.15, 0.2) is 0 Å². The van der Waals surface area contributed by atoms with Gasteiger partial charge in [0.2, 0.25) is 5.91 Å². The van der Waals surface area contributed by atoms with Gasteiger partial charge >= 0.3 is 0 Å². The quantitative estimate of drug-likeness (QED) is 0.161. The maximum atomic E-state index is 13.7. The van der Waals surface area contributed by atoms with Crippen molar-refractivity contribution in [2.24, 2.45) is 12.8 Å². The van der Waals surface area contributed by atoms with Crippen LogP contribution in [0.15, 0.2) is 54.6 Å². The van der Waals surface area contributed by atoms with E-state index in [1.54, 1.807) is 42.3 Å². The van der Waals surface area contributed by atoms with Crippen molar-refractivity contribution < 1.29 is 23.9 Å². The lowest BCUT2D eigenvalue weighted by Gasteiger charge is -2.32. The van der Waals surface area contributed by atoms with Gasteiger partial charge in [-0.3, -0.25) is 14.4 Å². The van der Waals surface area contributed by atoms with Crippen LogP contribution in [0.25, 0.3) is 11.0 Å². The Labute approximate surface area is 324 Å². The van der Waals surface area contributed by atoms with Crippen LogP contribution < -0.4 is 25.4 Å². The summed E-state index contributed by atoms with van der Waals surface area (Å²) in [6.45, 7) is 6.16. The van der Waals surface area contributed by atoms with Gasteiger partial charge in [-0.2, -0.15) is 0 Å². The van der Waals surface area contributed by atoms with Crippen LogP contribution in [0.3, 0.4) is 0 Å². The summed E-state index contributed by atoms with van der Waals surface area (Å²) in [5.41, 5.74) is 10.1. The van der Waals surface area contributed by atoms with Crippen LogP contribution in [-0.2, 0) is 18.4 Å². The van der Waals surface area contributed by atoms with E-state index in [0.717, 1.165) is 51.0 Å². The summed E-state index contributed by atoms with van der Waals surface area (Å²) in [6, 6.07) is 16.0. The number of aryl methyl sites for hydroxylation is 2. The SMILES string of the molecule is COc1cc(C(=O)N(C)c2ccc(C)cc2OCCCCCC(=O)N2CCN(C)CC2)ccc1NC(=O)c1cccc2nc(CN)n(C)c12.Cl.Cl.Cl. The summed E-state index contributed by atoms with van der Waals surface area (Å²) in [7, 11) is 7.11. The van der Waals surface area contributed by atoms with Gasteiger partial charge in [0.25, 0.3) is 11.8 Å². The highest BCUT2D eigenvalue weighted by Gasteiger charge is 2.22. The number of nitrogens with one attached hydrogen (secondary N) is 1. The lowest BCUT2D eigenvalue weighted by Crippen LogP contribution is -2.47. The second-order valence-corrected chi connectivity index (χ2v) is 12.5. The average molecular weight is 779 g/mol. The molecule has 284 valence electrons. The molecule has 3 aromatic carbocycles. The van der Waals surface area contributed by atoms with Crippen LogP contribution in [0.1, 0.15) is 57.8 Å². The minimum absolute atomic E-state index is 0. The van der Waals surface area contributed by atoms with E-state index in [9.17, 15) is 14.4 Å². The molecule has 3 amide bonds.